The Morgan fingerprint density at radius 1 is 1.26 bits per heavy atom. The predicted octanol–water partition coefficient (Wildman–Crippen LogP) is 1.93. The SMILES string of the molecule is CNC(C)(C)C(=O)NCc1cc(C)c(OC)cc1C. The average Bonchev–Trinajstić information content (AvgIpc) is 2.38. The number of amides is 1. The minimum atomic E-state index is -0.560. The van der Waals surface area contributed by atoms with Gasteiger partial charge in [0, 0.05) is 6.54 Å². The van der Waals surface area contributed by atoms with Crippen LogP contribution in [0.1, 0.15) is 30.5 Å². The van der Waals surface area contributed by atoms with E-state index >= 15 is 0 Å². The molecule has 0 aliphatic heterocycles. The molecule has 1 amide bonds. The maximum Gasteiger partial charge on any atom is 0.239 e. The Kier molecular flexibility index (Phi) is 4.95. The molecule has 0 spiro atoms. The van der Waals surface area contributed by atoms with Gasteiger partial charge in [-0.05, 0) is 57.5 Å². The molecular formula is C15H24N2O2. The van der Waals surface area contributed by atoms with E-state index in [1.165, 1.54) is 0 Å². The largest absolute Gasteiger partial charge is 0.496 e. The van der Waals surface area contributed by atoms with Gasteiger partial charge in [-0.15, -0.1) is 0 Å². The summed E-state index contributed by atoms with van der Waals surface area (Å²) in [6.45, 7) is 8.26. The Morgan fingerprint density at radius 3 is 2.42 bits per heavy atom. The van der Waals surface area contributed by atoms with Crippen LogP contribution in [0.4, 0.5) is 0 Å². The van der Waals surface area contributed by atoms with Gasteiger partial charge in [0.1, 0.15) is 5.75 Å². The third-order valence-electron chi connectivity index (χ3n) is 3.49. The number of ether oxygens (including phenoxy) is 1. The first kappa shape index (κ1) is 15.5. The summed E-state index contributed by atoms with van der Waals surface area (Å²) in [6.07, 6.45) is 0. The van der Waals surface area contributed by atoms with Crippen LogP contribution in [-0.4, -0.2) is 25.6 Å². The number of hydrogen-bond donors (Lipinski definition) is 2. The molecule has 0 atom stereocenters. The Morgan fingerprint density at radius 2 is 1.89 bits per heavy atom. The van der Waals surface area contributed by atoms with Crippen LogP contribution in [0.15, 0.2) is 12.1 Å². The standard InChI is InChI=1S/C15H24N2O2/c1-10-8-13(19-6)11(2)7-12(10)9-17-14(18)15(3,4)16-5/h7-8,16H,9H2,1-6H3,(H,17,18). The summed E-state index contributed by atoms with van der Waals surface area (Å²) in [5.41, 5.74) is 2.74. The Balaban J connectivity index is 2.79. The molecule has 0 heterocycles. The summed E-state index contributed by atoms with van der Waals surface area (Å²) in [4.78, 5) is 12.0. The molecule has 1 aromatic carbocycles. The van der Waals surface area contributed by atoms with Crippen molar-refractivity contribution in [3.05, 3.63) is 28.8 Å². The highest BCUT2D eigenvalue weighted by Gasteiger charge is 2.24. The third-order valence-corrected chi connectivity index (χ3v) is 3.49. The minimum Gasteiger partial charge on any atom is -0.496 e. The smallest absolute Gasteiger partial charge is 0.239 e. The van der Waals surface area contributed by atoms with Crippen LogP contribution in [0.2, 0.25) is 0 Å². The van der Waals surface area contributed by atoms with E-state index in [4.69, 9.17) is 4.74 Å². The van der Waals surface area contributed by atoms with Crippen molar-refractivity contribution >= 4 is 5.91 Å². The molecule has 0 unspecified atom stereocenters. The molecule has 0 radical (unpaired) electrons. The van der Waals surface area contributed by atoms with Gasteiger partial charge in [-0.25, -0.2) is 0 Å². The van der Waals surface area contributed by atoms with Crippen LogP contribution in [0.25, 0.3) is 0 Å². The van der Waals surface area contributed by atoms with E-state index in [1.807, 2.05) is 33.8 Å². The molecule has 0 aliphatic rings. The van der Waals surface area contributed by atoms with Gasteiger partial charge in [0.25, 0.3) is 0 Å². The molecule has 1 rings (SSSR count). The van der Waals surface area contributed by atoms with Crippen LogP contribution in [0, 0.1) is 13.8 Å². The monoisotopic (exact) mass is 264 g/mol. The van der Waals surface area contributed by atoms with Crippen LogP contribution in [-0.2, 0) is 11.3 Å². The van der Waals surface area contributed by atoms with Crippen LogP contribution < -0.4 is 15.4 Å². The normalized spacial score (nSPS) is 11.3. The van der Waals surface area contributed by atoms with Gasteiger partial charge in [0.05, 0.1) is 12.6 Å². The van der Waals surface area contributed by atoms with Gasteiger partial charge in [0.15, 0.2) is 0 Å². The molecule has 0 fully saturated rings. The number of benzene rings is 1. The molecule has 4 nitrogen and oxygen atoms in total. The van der Waals surface area contributed by atoms with Gasteiger partial charge >= 0.3 is 0 Å². The van der Waals surface area contributed by atoms with E-state index in [0.717, 1.165) is 22.4 Å². The molecule has 0 saturated carbocycles. The molecule has 19 heavy (non-hydrogen) atoms. The van der Waals surface area contributed by atoms with Gasteiger partial charge in [0.2, 0.25) is 5.91 Å². The molecule has 0 saturated heterocycles. The predicted molar refractivity (Wildman–Crippen MR) is 77.5 cm³/mol. The minimum absolute atomic E-state index is 0.0112. The highest BCUT2D eigenvalue weighted by atomic mass is 16.5. The summed E-state index contributed by atoms with van der Waals surface area (Å²) in [7, 11) is 3.45. The number of hydrogen-bond acceptors (Lipinski definition) is 3. The topological polar surface area (TPSA) is 50.4 Å². The second-order valence-electron chi connectivity index (χ2n) is 5.31. The lowest BCUT2D eigenvalue weighted by Gasteiger charge is -2.23. The molecule has 0 aromatic heterocycles. The second-order valence-corrected chi connectivity index (χ2v) is 5.31. The van der Waals surface area contributed by atoms with Crippen molar-refractivity contribution in [3.63, 3.8) is 0 Å². The molecular weight excluding hydrogens is 240 g/mol. The highest BCUT2D eigenvalue weighted by molar-refractivity contribution is 5.85. The van der Waals surface area contributed by atoms with Crippen molar-refractivity contribution in [2.75, 3.05) is 14.2 Å². The van der Waals surface area contributed by atoms with Gasteiger partial charge in [-0.2, -0.15) is 0 Å². The van der Waals surface area contributed by atoms with Crippen LogP contribution in [0.5, 0.6) is 5.75 Å². The number of methoxy groups -OCH3 is 1. The van der Waals surface area contributed by atoms with Crippen molar-refractivity contribution in [1.29, 1.82) is 0 Å². The lowest BCUT2D eigenvalue weighted by atomic mass is 10.0. The van der Waals surface area contributed by atoms with Gasteiger partial charge in [-0.1, -0.05) is 6.07 Å². The van der Waals surface area contributed by atoms with E-state index in [2.05, 4.69) is 16.7 Å². The summed E-state index contributed by atoms with van der Waals surface area (Å²) in [5, 5.41) is 5.94. The summed E-state index contributed by atoms with van der Waals surface area (Å²) in [6, 6.07) is 4.06. The van der Waals surface area contributed by atoms with Crippen molar-refractivity contribution in [1.82, 2.24) is 10.6 Å². The molecule has 2 N–H and O–H groups in total. The fourth-order valence-electron chi connectivity index (χ4n) is 1.77. The molecule has 106 valence electrons. The molecule has 1 aromatic rings. The molecule has 0 bridgehead atoms. The second kappa shape index (κ2) is 6.06. The Labute approximate surface area is 115 Å². The van der Waals surface area contributed by atoms with Crippen molar-refractivity contribution in [3.8, 4) is 5.75 Å². The van der Waals surface area contributed by atoms with E-state index in [1.54, 1.807) is 14.2 Å². The Bertz CT molecular complexity index is 467. The summed E-state index contributed by atoms with van der Waals surface area (Å²) < 4.78 is 5.28. The fourth-order valence-corrected chi connectivity index (χ4v) is 1.77. The Hall–Kier alpha value is -1.55. The van der Waals surface area contributed by atoms with Crippen LogP contribution in [0.3, 0.4) is 0 Å². The summed E-state index contributed by atoms with van der Waals surface area (Å²) >= 11 is 0. The number of likely N-dealkylation sites (N-methyl/N-ethyl adjacent to an activating group) is 1. The number of carbonyl (C=O) groups is 1. The van der Waals surface area contributed by atoms with E-state index < -0.39 is 5.54 Å². The van der Waals surface area contributed by atoms with Crippen molar-refractivity contribution in [2.45, 2.75) is 39.8 Å². The van der Waals surface area contributed by atoms with Gasteiger partial charge in [-0.3, -0.25) is 4.79 Å². The van der Waals surface area contributed by atoms with Crippen molar-refractivity contribution < 1.29 is 9.53 Å². The first-order chi connectivity index (χ1) is 8.81. The average molecular weight is 264 g/mol. The molecule has 4 heteroatoms. The quantitative estimate of drug-likeness (QED) is 0.854. The lowest BCUT2D eigenvalue weighted by molar-refractivity contribution is -0.126. The fraction of sp³-hybridized carbons (Fsp3) is 0.533. The number of nitrogens with one attached hydrogen (secondary N) is 2. The van der Waals surface area contributed by atoms with Gasteiger partial charge < -0.3 is 15.4 Å². The zero-order valence-corrected chi connectivity index (χ0v) is 12.7. The highest BCUT2D eigenvalue weighted by Crippen LogP contribution is 2.22. The van der Waals surface area contributed by atoms with E-state index in [9.17, 15) is 4.79 Å². The van der Waals surface area contributed by atoms with Crippen LogP contribution >= 0.6 is 0 Å². The lowest BCUT2D eigenvalue weighted by Crippen LogP contribution is -2.50. The zero-order chi connectivity index (χ0) is 14.6. The van der Waals surface area contributed by atoms with Crippen molar-refractivity contribution in [2.24, 2.45) is 0 Å². The summed E-state index contributed by atoms with van der Waals surface area (Å²) in [5.74, 6) is 0.867. The third kappa shape index (κ3) is 3.70. The zero-order valence-electron chi connectivity index (χ0n) is 12.7. The first-order valence-electron chi connectivity index (χ1n) is 6.43. The number of carbonyl (C=O) groups excluding carboxylic acids is 1. The van der Waals surface area contributed by atoms with E-state index in [0.29, 0.717) is 6.54 Å². The maximum atomic E-state index is 12.0. The first-order valence-corrected chi connectivity index (χ1v) is 6.43. The molecule has 0 aliphatic carbocycles. The van der Waals surface area contributed by atoms with E-state index in [-0.39, 0.29) is 5.91 Å². The maximum absolute atomic E-state index is 12.0. The number of rotatable bonds is 5. The number of aryl methyl sites for hydroxylation is 2.